The normalized spacial score (nSPS) is 21.1. The molecule has 1 atom stereocenters. The molecule has 168 valence electrons. The van der Waals surface area contributed by atoms with Crippen molar-refractivity contribution in [2.45, 2.75) is 38.1 Å². The standard InChI is InChI=1S/C23H25ClN4O3S/c24-18-15-16(28-13-5-6-14-32(28,30)31)10-11-17(18)23(29)27-12-4-3-9-21(27)22-25-19-7-1-2-8-20(19)26-22/h1-2,7-8,10-11,15,21H,3-6,9,12-14H2,(H,25,26). The van der Waals surface area contributed by atoms with E-state index in [0.717, 1.165) is 42.5 Å². The Balaban J connectivity index is 1.44. The largest absolute Gasteiger partial charge is 0.340 e. The number of likely N-dealkylation sites (tertiary alicyclic amines) is 1. The number of imidazole rings is 1. The van der Waals surface area contributed by atoms with Crippen LogP contribution in [0.4, 0.5) is 5.69 Å². The molecule has 1 amide bonds. The van der Waals surface area contributed by atoms with Gasteiger partial charge in [0, 0.05) is 13.1 Å². The van der Waals surface area contributed by atoms with Gasteiger partial charge in [0.15, 0.2) is 0 Å². The smallest absolute Gasteiger partial charge is 0.255 e. The van der Waals surface area contributed by atoms with Crippen molar-refractivity contribution in [1.82, 2.24) is 14.9 Å². The zero-order valence-electron chi connectivity index (χ0n) is 17.6. The number of aromatic amines is 1. The van der Waals surface area contributed by atoms with Gasteiger partial charge in [-0.1, -0.05) is 23.7 Å². The van der Waals surface area contributed by atoms with Crippen LogP contribution in [0.5, 0.6) is 0 Å². The highest BCUT2D eigenvalue weighted by atomic mass is 35.5. The van der Waals surface area contributed by atoms with Crippen LogP contribution in [0.3, 0.4) is 0 Å². The number of benzene rings is 2. The number of fused-ring (bicyclic) bond motifs is 1. The zero-order chi connectivity index (χ0) is 22.3. The van der Waals surface area contributed by atoms with Crippen molar-refractivity contribution in [2.24, 2.45) is 0 Å². The summed E-state index contributed by atoms with van der Waals surface area (Å²) >= 11 is 6.52. The predicted octanol–water partition coefficient (Wildman–Crippen LogP) is 4.51. The number of para-hydroxylation sites is 2. The van der Waals surface area contributed by atoms with Crippen LogP contribution in [0.1, 0.15) is 54.3 Å². The molecule has 3 aromatic rings. The Morgan fingerprint density at radius 1 is 1.06 bits per heavy atom. The van der Waals surface area contributed by atoms with E-state index in [1.807, 2.05) is 29.2 Å². The molecule has 0 radical (unpaired) electrons. The van der Waals surface area contributed by atoms with Crippen LogP contribution in [0, 0.1) is 0 Å². The second-order valence-corrected chi connectivity index (χ2v) is 10.8. The fourth-order valence-corrected chi connectivity index (χ4v) is 6.54. The first-order chi connectivity index (χ1) is 15.4. The molecule has 7 nitrogen and oxygen atoms in total. The lowest BCUT2D eigenvalue weighted by molar-refractivity contribution is 0.0601. The summed E-state index contributed by atoms with van der Waals surface area (Å²) in [5, 5.41) is 0.266. The van der Waals surface area contributed by atoms with E-state index in [1.165, 1.54) is 4.31 Å². The summed E-state index contributed by atoms with van der Waals surface area (Å²) in [4.78, 5) is 23.4. The minimum atomic E-state index is -3.34. The molecule has 5 rings (SSSR count). The fraction of sp³-hybridized carbons (Fsp3) is 0.391. The minimum absolute atomic E-state index is 0.137. The van der Waals surface area contributed by atoms with E-state index in [-0.39, 0.29) is 22.7 Å². The lowest BCUT2D eigenvalue weighted by atomic mass is 10.00. The van der Waals surface area contributed by atoms with Gasteiger partial charge in [-0.25, -0.2) is 13.4 Å². The lowest BCUT2D eigenvalue weighted by Crippen LogP contribution is -2.39. The van der Waals surface area contributed by atoms with E-state index >= 15 is 0 Å². The average molecular weight is 473 g/mol. The first-order valence-electron chi connectivity index (χ1n) is 11.0. The highest BCUT2D eigenvalue weighted by molar-refractivity contribution is 7.92. The maximum Gasteiger partial charge on any atom is 0.255 e. The second kappa shape index (κ2) is 8.41. The van der Waals surface area contributed by atoms with Gasteiger partial charge < -0.3 is 9.88 Å². The van der Waals surface area contributed by atoms with Crippen molar-refractivity contribution in [1.29, 1.82) is 0 Å². The van der Waals surface area contributed by atoms with E-state index < -0.39 is 10.0 Å². The third-order valence-corrected chi connectivity index (χ3v) is 8.49. The van der Waals surface area contributed by atoms with E-state index in [4.69, 9.17) is 16.6 Å². The van der Waals surface area contributed by atoms with E-state index in [2.05, 4.69) is 4.98 Å². The Morgan fingerprint density at radius 2 is 1.88 bits per heavy atom. The summed E-state index contributed by atoms with van der Waals surface area (Å²) in [7, 11) is -3.34. The number of hydrogen-bond acceptors (Lipinski definition) is 4. The summed E-state index contributed by atoms with van der Waals surface area (Å²) < 4.78 is 26.3. The fourth-order valence-electron chi connectivity index (χ4n) is 4.66. The summed E-state index contributed by atoms with van der Waals surface area (Å²) in [5.41, 5.74) is 2.72. The Kier molecular flexibility index (Phi) is 5.59. The number of nitrogens with zero attached hydrogens (tertiary/aromatic N) is 3. The van der Waals surface area contributed by atoms with Crippen molar-refractivity contribution in [3.05, 3.63) is 58.9 Å². The van der Waals surface area contributed by atoms with Crippen LogP contribution >= 0.6 is 11.6 Å². The predicted molar refractivity (Wildman–Crippen MR) is 126 cm³/mol. The lowest BCUT2D eigenvalue weighted by Gasteiger charge is -2.35. The third-order valence-electron chi connectivity index (χ3n) is 6.31. The molecule has 2 aliphatic heterocycles. The van der Waals surface area contributed by atoms with Gasteiger partial charge in [0.1, 0.15) is 5.82 Å². The Bertz CT molecular complexity index is 1240. The maximum atomic E-state index is 13.5. The van der Waals surface area contributed by atoms with Crippen molar-refractivity contribution in [2.75, 3.05) is 23.1 Å². The molecular formula is C23H25ClN4O3S. The molecule has 0 bridgehead atoms. The molecule has 1 unspecified atom stereocenters. The maximum absolute atomic E-state index is 13.5. The van der Waals surface area contributed by atoms with E-state index in [0.29, 0.717) is 30.8 Å². The Hall–Kier alpha value is -2.58. The van der Waals surface area contributed by atoms with Crippen LogP contribution in [-0.2, 0) is 10.0 Å². The molecule has 2 aromatic carbocycles. The molecule has 9 heteroatoms. The minimum Gasteiger partial charge on any atom is -0.340 e. The van der Waals surface area contributed by atoms with Gasteiger partial charge in [-0.3, -0.25) is 9.10 Å². The molecule has 0 aliphatic carbocycles. The topological polar surface area (TPSA) is 86.4 Å². The Morgan fingerprint density at radius 3 is 2.66 bits per heavy atom. The van der Waals surface area contributed by atoms with Crippen LogP contribution in [0.25, 0.3) is 11.0 Å². The van der Waals surface area contributed by atoms with Crippen molar-refractivity contribution < 1.29 is 13.2 Å². The highest BCUT2D eigenvalue weighted by Gasteiger charge is 2.32. The van der Waals surface area contributed by atoms with E-state index in [9.17, 15) is 13.2 Å². The monoisotopic (exact) mass is 472 g/mol. The number of halogens is 1. The molecule has 3 heterocycles. The number of rotatable bonds is 3. The molecule has 2 saturated heterocycles. The summed E-state index contributed by atoms with van der Waals surface area (Å²) in [6.45, 7) is 1.06. The van der Waals surface area contributed by atoms with Crippen molar-refractivity contribution >= 4 is 44.3 Å². The summed E-state index contributed by atoms with van der Waals surface area (Å²) in [6.07, 6.45) is 4.24. The van der Waals surface area contributed by atoms with Crippen molar-refractivity contribution in [3.63, 3.8) is 0 Å². The summed E-state index contributed by atoms with van der Waals surface area (Å²) in [6, 6.07) is 12.6. The number of carbonyl (C=O) groups is 1. The molecule has 32 heavy (non-hydrogen) atoms. The zero-order valence-corrected chi connectivity index (χ0v) is 19.2. The van der Waals surface area contributed by atoms with Gasteiger partial charge in [0.05, 0.1) is 39.1 Å². The van der Waals surface area contributed by atoms with Gasteiger partial charge in [0.25, 0.3) is 5.91 Å². The van der Waals surface area contributed by atoms with Gasteiger partial charge in [-0.2, -0.15) is 0 Å². The number of nitrogens with one attached hydrogen (secondary N) is 1. The number of hydrogen-bond donors (Lipinski definition) is 1. The number of aromatic nitrogens is 2. The molecule has 1 aromatic heterocycles. The third kappa shape index (κ3) is 3.86. The van der Waals surface area contributed by atoms with Crippen LogP contribution in [0.2, 0.25) is 5.02 Å². The first kappa shape index (κ1) is 21.3. The Labute approximate surface area is 192 Å². The van der Waals surface area contributed by atoms with Crippen molar-refractivity contribution in [3.8, 4) is 0 Å². The second-order valence-electron chi connectivity index (χ2n) is 8.41. The molecule has 2 fully saturated rings. The quantitative estimate of drug-likeness (QED) is 0.607. The molecule has 1 N–H and O–H groups in total. The van der Waals surface area contributed by atoms with Crippen LogP contribution < -0.4 is 4.31 Å². The van der Waals surface area contributed by atoms with Gasteiger partial charge in [-0.15, -0.1) is 0 Å². The first-order valence-corrected chi connectivity index (χ1v) is 13.0. The van der Waals surface area contributed by atoms with E-state index in [1.54, 1.807) is 18.2 Å². The molecule has 0 saturated carbocycles. The van der Waals surface area contributed by atoms with Gasteiger partial charge >= 0.3 is 0 Å². The number of anilines is 1. The van der Waals surface area contributed by atoms with Crippen LogP contribution in [-0.4, -0.2) is 48.0 Å². The number of carbonyl (C=O) groups excluding carboxylic acids is 1. The molecular weight excluding hydrogens is 448 g/mol. The SMILES string of the molecule is O=C(c1ccc(N2CCCCS2(=O)=O)cc1Cl)N1CCCCC1c1nc2ccccc2[nH]1. The summed E-state index contributed by atoms with van der Waals surface area (Å²) in [5.74, 6) is 0.762. The molecule has 2 aliphatic rings. The number of sulfonamides is 1. The van der Waals surface area contributed by atoms with Crippen LogP contribution in [0.15, 0.2) is 42.5 Å². The number of piperidine rings is 1. The molecule has 0 spiro atoms. The van der Waals surface area contributed by atoms with Gasteiger partial charge in [-0.05, 0) is 62.4 Å². The number of amides is 1. The number of H-pyrrole nitrogens is 1. The van der Waals surface area contributed by atoms with Gasteiger partial charge in [0.2, 0.25) is 10.0 Å². The average Bonchev–Trinajstić information content (AvgIpc) is 3.22. The highest BCUT2D eigenvalue weighted by Crippen LogP contribution is 2.34.